The molecule has 0 aliphatic carbocycles. The largest absolute Gasteiger partial charge is 0.497 e. The summed E-state index contributed by atoms with van der Waals surface area (Å²) in [6.45, 7) is 1.88. The lowest BCUT2D eigenvalue weighted by Crippen LogP contribution is -2.16. The van der Waals surface area contributed by atoms with Crippen LogP contribution in [0.25, 0.3) is 16.5 Å². The van der Waals surface area contributed by atoms with Crippen molar-refractivity contribution < 1.29 is 9.15 Å². The Morgan fingerprint density at radius 2 is 1.85 bits per heavy atom. The van der Waals surface area contributed by atoms with Gasteiger partial charge in [-0.2, -0.15) is 0 Å². The van der Waals surface area contributed by atoms with Gasteiger partial charge in [0.2, 0.25) is 0 Å². The third-order valence-corrected chi connectivity index (χ3v) is 4.52. The molecule has 0 unspecified atom stereocenters. The zero-order valence-corrected chi connectivity index (χ0v) is 15.1. The van der Waals surface area contributed by atoms with E-state index >= 15 is 0 Å². The van der Waals surface area contributed by atoms with Gasteiger partial charge in [-0.25, -0.2) is 4.79 Å². The van der Waals surface area contributed by atoms with Crippen LogP contribution in [0, 0.1) is 0 Å². The van der Waals surface area contributed by atoms with E-state index in [1.165, 1.54) is 0 Å². The number of likely N-dealkylation sites (N-methyl/N-ethyl adjacent to an activating group) is 1. The van der Waals surface area contributed by atoms with Crippen LogP contribution in [0.4, 0.5) is 5.69 Å². The minimum atomic E-state index is -0.429. The fourth-order valence-electron chi connectivity index (χ4n) is 3.04. The van der Waals surface area contributed by atoms with E-state index in [9.17, 15) is 4.79 Å². The maximum Gasteiger partial charge on any atom is 0.346 e. The fourth-order valence-corrected chi connectivity index (χ4v) is 3.04. The molecule has 0 fully saturated rings. The van der Waals surface area contributed by atoms with Gasteiger partial charge in [-0.1, -0.05) is 24.3 Å². The van der Waals surface area contributed by atoms with Crippen LogP contribution < -0.4 is 21.4 Å². The molecule has 5 heteroatoms. The SMILES string of the molecule is CN/C(Cc1ccc(OC)cc1)=C(/C)c1c(N)c2ccccc2oc1=O. The van der Waals surface area contributed by atoms with Gasteiger partial charge in [-0.3, -0.25) is 0 Å². The van der Waals surface area contributed by atoms with Crippen molar-refractivity contribution in [2.75, 3.05) is 19.9 Å². The van der Waals surface area contributed by atoms with Gasteiger partial charge in [0.25, 0.3) is 0 Å². The number of nitrogens with two attached hydrogens (primary N) is 1. The molecule has 26 heavy (non-hydrogen) atoms. The van der Waals surface area contributed by atoms with Gasteiger partial charge in [-0.15, -0.1) is 0 Å². The highest BCUT2D eigenvalue weighted by Gasteiger charge is 2.16. The Morgan fingerprint density at radius 3 is 2.50 bits per heavy atom. The summed E-state index contributed by atoms with van der Waals surface area (Å²) in [5, 5.41) is 3.93. The van der Waals surface area contributed by atoms with Gasteiger partial charge in [-0.05, 0) is 42.3 Å². The standard InChI is InChI=1S/C21H22N2O3/c1-13(17(23-2)12-14-8-10-15(25-3)11-9-14)19-20(22)16-6-4-5-7-18(16)26-21(19)24/h4-11,23H,12,22H2,1-3H3/b17-13-. The molecule has 0 bridgehead atoms. The monoisotopic (exact) mass is 350 g/mol. The molecular formula is C21H22N2O3. The van der Waals surface area contributed by atoms with Crippen LogP contribution in [0.2, 0.25) is 0 Å². The highest BCUT2D eigenvalue weighted by molar-refractivity contribution is 5.94. The molecule has 0 saturated heterocycles. The summed E-state index contributed by atoms with van der Waals surface area (Å²) in [5.41, 5.74) is 10.00. The van der Waals surface area contributed by atoms with Crippen molar-refractivity contribution in [2.45, 2.75) is 13.3 Å². The highest BCUT2D eigenvalue weighted by atomic mass is 16.5. The van der Waals surface area contributed by atoms with Crippen molar-refractivity contribution in [3.8, 4) is 5.75 Å². The average Bonchev–Trinajstić information content (AvgIpc) is 2.66. The van der Waals surface area contributed by atoms with Crippen LogP contribution >= 0.6 is 0 Å². The van der Waals surface area contributed by atoms with Gasteiger partial charge in [0, 0.05) is 24.6 Å². The zero-order valence-electron chi connectivity index (χ0n) is 15.1. The van der Waals surface area contributed by atoms with Crippen LogP contribution in [-0.4, -0.2) is 14.2 Å². The lowest BCUT2D eigenvalue weighted by molar-refractivity contribution is 0.414. The van der Waals surface area contributed by atoms with Gasteiger partial charge in [0.1, 0.15) is 11.3 Å². The second-order valence-electron chi connectivity index (χ2n) is 6.05. The number of para-hydroxylation sites is 1. The van der Waals surface area contributed by atoms with Crippen molar-refractivity contribution in [3.63, 3.8) is 0 Å². The van der Waals surface area contributed by atoms with E-state index in [0.717, 1.165) is 28.0 Å². The van der Waals surface area contributed by atoms with Crippen LogP contribution in [0.3, 0.4) is 0 Å². The van der Waals surface area contributed by atoms with Crippen molar-refractivity contribution in [1.82, 2.24) is 5.32 Å². The van der Waals surface area contributed by atoms with Crippen LogP contribution in [0.5, 0.6) is 5.75 Å². The highest BCUT2D eigenvalue weighted by Crippen LogP contribution is 2.28. The smallest absolute Gasteiger partial charge is 0.346 e. The minimum absolute atomic E-state index is 0.404. The van der Waals surface area contributed by atoms with E-state index in [1.54, 1.807) is 13.2 Å². The summed E-state index contributed by atoms with van der Waals surface area (Å²) in [4.78, 5) is 12.5. The number of rotatable bonds is 5. The molecule has 0 aliphatic rings. The maximum atomic E-state index is 12.5. The van der Waals surface area contributed by atoms with E-state index in [2.05, 4.69) is 5.32 Å². The molecule has 0 saturated carbocycles. The summed E-state index contributed by atoms with van der Waals surface area (Å²) < 4.78 is 10.6. The second kappa shape index (κ2) is 7.35. The number of allylic oxidation sites excluding steroid dienone is 2. The molecular weight excluding hydrogens is 328 g/mol. The molecule has 0 atom stereocenters. The third kappa shape index (κ3) is 3.28. The van der Waals surface area contributed by atoms with Crippen molar-refractivity contribution in [3.05, 3.63) is 75.8 Å². The van der Waals surface area contributed by atoms with Gasteiger partial charge < -0.3 is 20.2 Å². The van der Waals surface area contributed by atoms with E-state index in [4.69, 9.17) is 14.9 Å². The molecule has 3 rings (SSSR count). The van der Waals surface area contributed by atoms with Gasteiger partial charge >= 0.3 is 5.63 Å². The minimum Gasteiger partial charge on any atom is -0.497 e. The van der Waals surface area contributed by atoms with E-state index < -0.39 is 5.63 Å². The number of benzene rings is 2. The van der Waals surface area contributed by atoms with E-state index in [1.807, 2.05) is 56.4 Å². The molecule has 5 nitrogen and oxygen atoms in total. The summed E-state index contributed by atoms with van der Waals surface area (Å²) >= 11 is 0. The Labute approximate surface area is 152 Å². The first-order chi connectivity index (χ1) is 12.5. The Bertz CT molecular complexity index is 1020. The number of nitrogens with one attached hydrogen (secondary N) is 1. The maximum absolute atomic E-state index is 12.5. The number of hydrogen-bond acceptors (Lipinski definition) is 5. The first-order valence-corrected chi connectivity index (χ1v) is 8.37. The van der Waals surface area contributed by atoms with Crippen LogP contribution in [0.15, 0.2) is 63.4 Å². The number of anilines is 1. The molecule has 0 amide bonds. The Morgan fingerprint density at radius 1 is 1.15 bits per heavy atom. The van der Waals surface area contributed by atoms with Gasteiger partial charge in [0.15, 0.2) is 0 Å². The number of ether oxygens (including phenoxy) is 1. The molecule has 3 N–H and O–H groups in total. The summed E-state index contributed by atoms with van der Waals surface area (Å²) in [6.07, 6.45) is 0.637. The molecule has 0 spiro atoms. The van der Waals surface area contributed by atoms with Crippen LogP contribution in [0.1, 0.15) is 18.1 Å². The Kier molecular flexibility index (Phi) is 4.98. The molecule has 0 radical (unpaired) electrons. The third-order valence-electron chi connectivity index (χ3n) is 4.52. The van der Waals surface area contributed by atoms with Crippen molar-refractivity contribution in [1.29, 1.82) is 0 Å². The number of hydrogen-bond donors (Lipinski definition) is 2. The molecule has 1 heterocycles. The Balaban J connectivity index is 2.07. The second-order valence-corrected chi connectivity index (χ2v) is 6.05. The fraction of sp³-hybridized carbons (Fsp3) is 0.190. The summed E-state index contributed by atoms with van der Waals surface area (Å²) in [5.74, 6) is 0.805. The molecule has 0 aliphatic heterocycles. The quantitative estimate of drug-likeness (QED) is 0.688. The van der Waals surface area contributed by atoms with Gasteiger partial charge in [0.05, 0.1) is 18.4 Å². The summed E-state index contributed by atoms with van der Waals surface area (Å²) in [7, 11) is 3.47. The van der Waals surface area contributed by atoms with Crippen LogP contribution in [-0.2, 0) is 6.42 Å². The normalized spacial score (nSPS) is 12.0. The predicted molar refractivity (Wildman–Crippen MR) is 105 cm³/mol. The van der Waals surface area contributed by atoms with E-state index in [0.29, 0.717) is 23.3 Å². The predicted octanol–water partition coefficient (Wildman–Crippen LogP) is 3.58. The number of methoxy groups -OCH3 is 1. The topological polar surface area (TPSA) is 77.5 Å². The zero-order chi connectivity index (χ0) is 18.7. The Hall–Kier alpha value is -3.21. The molecule has 1 aromatic heterocycles. The van der Waals surface area contributed by atoms with E-state index in [-0.39, 0.29) is 0 Å². The van der Waals surface area contributed by atoms with Crippen molar-refractivity contribution in [2.24, 2.45) is 0 Å². The molecule has 2 aromatic carbocycles. The lowest BCUT2D eigenvalue weighted by atomic mass is 9.99. The number of fused-ring (bicyclic) bond motifs is 1. The van der Waals surface area contributed by atoms with Crippen molar-refractivity contribution >= 4 is 22.2 Å². The summed E-state index contributed by atoms with van der Waals surface area (Å²) in [6, 6.07) is 15.1. The first kappa shape index (κ1) is 17.6. The molecule has 3 aromatic rings. The first-order valence-electron chi connectivity index (χ1n) is 8.37. The lowest BCUT2D eigenvalue weighted by Gasteiger charge is -2.14. The molecule has 134 valence electrons. The number of nitrogen functional groups attached to an aromatic ring is 1. The average molecular weight is 350 g/mol.